The molecule has 0 unspecified atom stereocenters. The fourth-order valence-electron chi connectivity index (χ4n) is 3.36. The van der Waals surface area contributed by atoms with Crippen LogP contribution in [0.1, 0.15) is 49.9 Å². The Kier molecular flexibility index (Phi) is 11.2. The zero-order chi connectivity index (χ0) is 25.8. The Morgan fingerprint density at radius 1 is 0.829 bits per heavy atom. The molecule has 0 bridgehead atoms. The van der Waals surface area contributed by atoms with E-state index in [0.29, 0.717) is 24.3 Å². The van der Waals surface area contributed by atoms with Crippen LogP contribution in [0.5, 0.6) is 11.5 Å². The van der Waals surface area contributed by atoms with Gasteiger partial charge in [-0.2, -0.15) is 0 Å². The Balaban J connectivity index is 2.73. The van der Waals surface area contributed by atoms with Crippen LogP contribution in [0.15, 0.2) is 53.6 Å². The molecule has 2 aromatic rings. The van der Waals surface area contributed by atoms with E-state index in [0.717, 1.165) is 22.3 Å². The molecule has 35 heavy (non-hydrogen) atoms. The molecule has 0 amide bonds. The van der Waals surface area contributed by atoms with Gasteiger partial charge in [-0.3, -0.25) is 10.1 Å². The average molecular weight is 482 g/mol. The number of nitro benzene ring substituents is 1. The molecule has 0 saturated heterocycles. The van der Waals surface area contributed by atoms with Gasteiger partial charge in [-0.05, 0) is 63.8 Å². The van der Waals surface area contributed by atoms with Crippen LogP contribution >= 0.6 is 0 Å². The standard InChI is InChI=1S/C28H35NO6/c1-20(2)7-14-25-24(16-11-22-9-12-23(13-10-22)29(30)31)26(15-8-21(3)4)28(35-19-33-6)17-27(25)34-18-32-5/h7-13,16-17H,14-15,18-19H2,1-6H3/b16-11+. The number of non-ortho nitro benzene ring substituents is 1. The second-order valence-corrected chi connectivity index (χ2v) is 8.50. The first kappa shape index (κ1) is 27.8. The van der Waals surface area contributed by atoms with Gasteiger partial charge >= 0.3 is 0 Å². The van der Waals surface area contributed by atoms with Gasteiger partial charge in [-0.1, -0.05) is 35.5 Å². The van der Waals surface area contributed by atoms with Crippen LogP contribution in [-0.2, 0) is 22.3 Å². The third-order valence-electron chi connectivity index (χ3n) is 5.15. The van der Waals surface area contributed by atoms with Crippen molar-refractivity contribution in [2.24, 2.45) is 0 Å². The molecule has 2 aromatic carbocycles. The third-order valence-corrected chi connectivity index (χ3v) is 5.15. The Hall–Kier alpha value is -3.42. The lowest BCUT2D eigenvalue weighted by atomic mass is 9.92. The van der Waals surface area contributed by atoms with E-state index in [1.807, 2.05) is 18.2 Å². The van der Waals surface area contributed by atoms with Gasteiger partial charge in [0.25, 0.3) is 5.69 Å². The van der Waals surface area contributed by atoms with E-state index in [1.165, 1.54) is 23.3 Å². The van der Waals surface area contributed by atoms with E-state index in [4.69, 9.17) is 18.9 Å². The van der Waals surface area contributed by atoms with Crippen molar-refractivity contribution >= 4 is 17.8 Å². The Bertz CT molecular complexity index is 1030. The van der Waals surface area contributed by atoms with E-state index in [9.17, 15) is 10.1 Å². The molecule has 2 rings (SSSR count). The normalized spacial score (nSPS) is 10.8. The van der Waals surface area contributed by atoms with Crippen molar-refractivity contribution in [1.29, 1.82) is 0 Å². The van der Waals surface area contributed by atoms with Crippen molar-refractivity contribution in [2.45, 2.75) is 40.5 Å². The summed E-state index contributed by atoms with van der Waals surface area (Å²) < 4.78 is 22.3. The quantitative estimate of drug-likeness (QED) is 0.104. The van der Waals surface area contributed by atoms with Gasteiger partial charge in [-0.25, -0.2) is 0 Å². The molecule has 0 aliphatic carbocycles. The molecule has 0 aliphatic rings. The first-order valence-electron chi connectivity index (χ1n) is 11.4. The van der Waals surface area contributed by atoms with Gasteiger partial charge in [-0.15, -0.1) is 0 Å². The SMILES string of the molecule is COCOc1cc(OCOC)c(CC=C(C)C)c(/C=C/c2ccc([N+](=O)[O-])cc2)c1CC=C(C)C. The number of benzene rings is 2. The largest absolute Gasteiger partial charge is 0.467 e. The van der Waals surface area contributed by atoms with Gasteiger partial charge in [0.05, 0.1) is 4.92 Å². The number of hydrogen-bond acceptors (Lipinski definition) is 6. The Morgan fingerprint density at radius 2 is 1.31 bits per heavy atom. The van der Waals surface area contributed by atoms with Crippen molar-refractivity contribution in [2.75, 3.05) is 27.8 Å². The highest BCUT2D eigenvalue weighted by Crippen LogP contribution is 2.37. The number of ether oxygens (including phenoxy) is 4. The summed E-state index contributed by atoms with van der Waals surface area (Å²) in [5.41, 5.74) is 6.27. The lowest BCUT2D eigenvalue weighted by Gasteiger charge is -2.20. The van der Waals surface area contributed by atoms with E-state index >= 15 is 0 Å². The van der Waals surface area contributed by atoms with Crippen LogP contribution in [0, 0.1) is 10.1 Å². The van der Waals surface area contributed by atoms with Gasteiger partial charge in [0.15, 0.2) is 13.6 Å². The second kappa shape index (κ2) is 14.1. The molecular weight excluding hydrogens is 446 g/mol. The second-order valence-electron chi connectivity index (χ2n) is 8.50. The zero-order valence-corrected chi connectivity index (χ0v) is 21.4. The molecule has 0 heterocycles. The molecule has 0 saturated carbocycles. The molecule has 0 fully saturated rings. The summed E-state index contributed by atoms with van der Waals surface area (Å²) in [6.07, 6.45) is 9.58. The van der Waals surface area contributed by atoms with Crippen LogP contribution in [0.3, 0.4) is 0 Å². The molecule has 0 aliphatic heterocycles. The van der Waals surface area contributed by atoms with Crippen molar-refractivity contribution in [3.8, 4) is 11.5 Å². The highest BCUT2D eigenvalue weighted by molar-refractivity contribution is 5.76. The summed E-state index contributed by atoms with van der Waals surface area (Å²) in [6, 6.07) is 8.35. The predicted octanol–water partition coefficient (Wildman–Crippen LogP) is 6.75. The smallest absolute Gasteiger partial charge is 0.269 e. The summed E-state index contributed by atoms with van der Waals surface area (Å²) in [5, 5.41) is 11.0. The molecule has 0 N–H and O–H groups in total. The minimum Gasteiger partial charge on any atom is -0.467 e. The van der Waals surface area contributed by atoms with Crippen molar-refractivity contribution in [3.05, 3.63) is 86.0 Å². The summed E-state index contributed by atoms with van der Waals surface area (Å²) >= 11 is 0. The van der Waals surface area contributed by atoms with Crippen LogP contribution in [-0.4, -0.2) is 32.7 Å². The molecule has 188 valence electrons. The lowest BCUT2D eigenvalue weighted by molar-refractivity contribution is -0.384. The zero-order valence-electron chi connectivity index (χ0n) is 21.4. The molecule has 0 spiro atoms. The average Bonchev–Trinajstić information content (AvgIpc) is 2.82. The maximum atomic E-state index is 11.0. The first-order chi connectivity index (χ1) is 16.8. The van der Waals surface area contributed by atoms with E-state index < -0.39 is 4.92 Å². The summed E-state index contributed by atoms with van der Waals surface area (Å²) in [5.74, 6) is 1.33. The van der Waals surface area contributed by atoms with Crippen molar-refractivity contribution < 1.29 is 23.9 Å². The van der Waals surface area contributed by atoms with Crippen molar-refractivity contribution in [3.63, 3.8) is 0 Å². The van der Waals surface area contributed by atoms with E-state index in [1.54, 1.807) is 26.4 Å². The molecule has 0 radical (unpaired) electrons. The van der Waals surface area contributed by atoms with Gasteiger partial charge in [0.1, 0.15) is 11.5 Å². The fourth-order valence-corrected chi connectivity index (χ4v) is 3.36. The minimum absolute atomic E-state index is 0.0564. The highest BCUT2D eigenvalue weighted by atomic mass is 16.7. The number of nitro groups is 1. The maximum Gasteiger partial charge on any atom is 0.269 e. The van der Waals surface area contributed by atoms with Crippen molar-refractivity contribution in [1.82, 2.24) is 0 Å². The van der Waals surface area contributed by atoms with Gasteiger partial charge < -0.3 is 18.9 Å². The van der Waals surface area contributed by atoms with Crippen LogP contribution < -0.4 is 9.47 Å². The lowest BCUT2D eigenvalue weighted by Crippen LogP contribution is -2.09. The number of rotatable bonds is 13. The molecular formula is C28H35NO6. The molecule has 0 aromatic heterocycles. The Labute approximate surface area is 207 Å². The summed E-state index contributed by atoms with van der Waals surface area (Å²) in [4.78, 5) is 10.6. The monoisotopic (exact) mass is 481 g/mol. The van der Waals surface area contributed by atoms with Crippen LogP contribution in [0.2, 0.25) is 0 Å². The highest BCUT2D eigenvalue weighted by Gasteiger charge is 2.18. The minimum atomic E-state index is -0.404. The van der Waals surface area contributed by atoms with Gasteiger partial charge in [0.2, 0.25) is 0 Å². The number of allylic oxidation sites excluding steroid dienone is 4. The van der Waals surface area contributed by atoms with E-state index in [-0.39, 0.29) is 19.3 Å². The summed E-state index contributed by atoms with van der Waals surface area (Å²) in [7, 11) is 3.16. The molecule has 7 nitrogen and oxygen atoms in total. The maximum absolute atomic E-state index is 11.0. The number of hydrogen-bond donors (Lipinski definition) is 0. The predicted molar refractivity (Wildman–Crippen MR) is 140 cm³/mol. The van der Waals surface area contributed by atoms with Gasteiger partial charge in [0, 0.05) is 43.5 Å². The fraction of sp³-hybridized carbons (Fsp3) is 0.357. The molecule has 7 heteroatoms. The Morgan fingerprint density at radius 3 is 1.71 bits per heavy atom. The summed E-state index contributed by atoms with van der Waals surface area (Å²) in [6.45, 7) is 8.43. The molecule has 0 atom stereocenters. The van der Waals surface area contributed by atoms with Crippen LogP contribution in [0.25, 0.3) is 12.2 Å². The van der Waals surface area contributed by atoms with E-state index in [2.05, 4.69) is 39.8 Å². The number of nitrogens with zero attached hydrogens (tertiary/aromatic N) is 1. The topological polar surface area (TPSA) is 80.1 Å². The first-order valence-corrected chi connectivity index (χ1v) is 11.4. The number of methoxy groups -OCH3 is 2. The third kappa shape index (κ3) is 8.70. The van der Waals surface area contributed by atoms with Crippen LogP contribution in [0.4, 0.5) is 5.69 Å².